The fourth-order valence-corrected chi connectivity index (χ4v) is 0.748. The molecule has 0 aromatic rings. The van der Waals surface area contributed by atoms with Gasteiger partial charge >= 0.3 is 0 Å². The summed E-state index contributed by atoms with van der Waals surface area (Å²) < 4.78 is 0. The first-order valence-corrected chi connectivity index (χ1v) is 4.52. The standard InChI is InChI=1S/C9H20N2O2/c1-7(2)11-8(13)5-10-9(3,4)6-12/h7,10,12H,5-6H2,1-4H3,(H,11,13). The van der Waals surface area contributed by atoms with E-state index in [1.807, 2.05) is 27.7 Å². The number of hydrogen-bond acceptors (Lipinski definition) is 3. The summed E-state index contributed by atoms with van der Waals surface area (Å²) in [7, 11) is 0. The largest absolute Gasteiger partial charge is 0.394 e. The lowest BCUT2D eigenvalue weighted by Crippen LogP contribution is -2.48. The lowest BCUT2D eigenvalue weighted by molar-refractivity contribution is -0.121. The highest BCUT2D eigenvalue weighted by Gasteiger charge is 2.16. The molecule has 0 radical (unpaired) electrons. The van der Waals surface area contributed by atoms with Gasteiger partial charge in [0.1, 0.15) is 0 Å². The van der Waals surface area contributed by atoms with E-state index < -0.39 is 5.54 Å². The van der Waals surface area contributed by atoms with Crippen LogP contribution in [0, 0.1) is 0 Å². The van der Waals surface area contributed by atoms with E-state index in [1.165, 1.54) is 0 Å². The van der Waals surface area contributed by atoms with Crippen LogP contribution >= 0.6 is 0 Å². The Balaban J connectivity index is 3.70. The molecule has 0 spiro atoms. The van der Waals surface area contributed by atoms with Crippen molar-refractivity contribution in [2.45, 2.75) is 39.3 Å². The maximum absolute atomic E-state index is 11.2. The molecule has 0 aliphatic heterocycles. The Hall–Kier alpha value is -0.610. The van der Waals surface area contributed by atoms with E-state index in [-0.39, 0.29) is 25.1 Å². The van der Waals surface area contributed by atoms with E-state index in [4.69, 9.17) is 5.11 Å². The van der Waals surface area contributed by atoms with Gasteiger partial charge in [0.05, 0.1) is 13.2 Å². The normalized spacial score (nSPS) is 11.8. The lowest BCUT2D eigenvalue weighted by Gasteiger charge is -2.23. The number of nitrogens with one attached hydrogen (secondary N) is 2. The average Bonchev–Trinajstić information content (AvgIpc) is 2.00. The third kappa shape index (κ3) is 6.54. The second-order valence-corrected chi connectivity index (χ2v) is 4.12. The van der Waals surface area contributed by atoms with Crippen LogP contribution in [0.2, 0.25) is 0 Å². The summed E-state index contributed by atoms with van der Waals surface area (Å²) in [6.45, 7) is 7.77. The molecule has 0 saturated heterocycles. The SMILES string of the molecule is CC(C)NC(=O)CNC(C)(C)CO. The monoisotopic (exact) mass is 188 g/mol. The van der Waals surface area contributed by atoms with E-state index in [0.29, 0.717) is 0 Å². The second kappa shape index (κ2) is 5.19. The molecular weight excluding hydrogens is 168 g/mol. The van der Waals surface area contributed by atoms with Crippen LogP contribution < -0.4 is 10.6 Å². The Morgan fingerprint density at radius 1 is 1.46 bits per heavy atom. The first-order chi connectivity index (χ1) is 5.87. The molecule has 13 heavy (non-hydrogen) atoms. The Bertz CT molecular complexity index is 167. The van der Waals surface area contributed by atoms with E-state index in [2.05, 4.69) is 10.6 Å². The highest BCUT2D eigenvalue weighted by molar-refractivity contribution is 5.78. The van der Waals surface area contributed by atoms with Crippen LogP contribution in [-0.2, 0) is 4.79 Å². The van der Waals surface area contributed by atoms with Crippen molar-refractivity contribution in [1.29, 1.82) is 0 Å². The van der Waals surface area contributed by atoms with Crippen molar-refractivity contribution >= 4 is 5.91 Å². The molecule has 0 aromatic carbocycles. The minimum atomic E-state index is -0.395. The Labute approximate surface area is 79.7 Å². The van der Waals surface area contributed by atoms with Crippen LogP contribution in [0.25, 0.3) is 0 Å². The molecule has 0 fully saturated rings. The third-order valence-corrected chi connectivity index (χ3v) is 1.57. The van der Waals surface area contributed by atoms with Gasteiger partial charge in [0.25, 0.3) is 0 Å². The molecule has 0 aromatic heterocycles. The molecule has 0 unspecified atom stereocenters. The third-order valence-electron chi connectivity index (χ3n) is 1.57. The number of amides is 1. The average molecular weight is 188 g/mol. The maximum Gasteiger partial charge on any atom is 0.234 e. The van der Waals surface area contributed by atoms with Gasteiger partial charge in [-0.15, -0.1) is 0 Å². The fourth-order valence-electron chi connectivity index (χ4n) is 0.748. The molecule has 4 nitrogen and oxygen atoms in total. The summed E-state index contributed by atoms with van der Waals surface area (Å²) >= 11 is 0. The summed E-state index contributed by atoms with van der Waals surface area (Å²) in [5, 5.41) is 14.6. The topological polar surface area (TPSA) is 61.4 Å². The van der Waals surface area contributed by atoms with Crippen molar-refractivity contribution in [3.63, 3.8) is 0 Å². The van der Waals surface area contributed by atoms with Crippen molar-refractivity contribution in [2.24, 2.45) is 0 Å². The molecule has 0 atom stereocenters. The second-order valence-electron chi connectivity index (χ2n) is 4.12. The van der Waals surface area contributed by atoms with Gasteiger partial charge in [0, 0.05) is 11.6 Å². The van der Waals surface area contributed by atoms with Crippen molar-refractivity contribution in [3.8, 4) is 0 Å². The van der Waals surface area contributed by atoms with Crippen LogP contribution in [0.4, 0.5) is 0 Å². The van der Waals surface area contributed by atoms with Crippen molar-refractivity contribution in [2.75, 3.05) is 13.2 Å². The van der Waals surface area contributed by atoms with Gasteiger partial charge in [-0.3, -0.25) is 4.79 Å². The van der Waals surface area contributed by atoms with E-state index in [0.717, 1.165) is 0 Å². The zero-order valence-corrected chi connectivity index (χ0v) is 8.85. The number of carbonyl (C=O) groups excluding carboxylic acids is 1. The quantitative estimate of drug-likeness (QED) is 0.563. The lowest BCUT2D eigenvalue weighted by atomic mass is 10.1. The first-order valence-electron chi connectivity index (χ1n) is 4.52. The Kier molecular flexibility index (Phi) is 4.95. The summed E-state index contributed by atoms with van der Waals surface area (Å²) in [6.07, 6.45) is 0. The van der Waals surface area contributed by atoms with Gasteiger partial charge in [-0.1, -0.05) is 0 Å². The van der Waals surface area contributed by atoms with Crippen molar-refractivity contribution in [3.05, 3.63) is 0 Å². The summed E-state index contributed by atoms with van der Waals surface area (Å²) in [5.74, 6) is -0.0449. The molecule has 0 heterocycles. The van der Waals surface area contributed by atoms with Crippen molar-refractivity contribution < 1.29 is 9.90 Å². The van der Waals surface area contributed by atoms with Crippen LogP contribution in [0.1, 0.15) is 27.7 Å². The number of carbonyl (C=O) groups is 1. The zero-order chi connectivity index (χ0) is 10.5. The molecule has 1 amide bonds. The molecule has 4 heteroatoms. The molecule has 0 bridgehead atoms. The highest BCUT2D eigenvalue weighted by Crippen LogP contribution is 1.97. The summed E-state index contributed by atoms with van der Waals surface area (Å²) in [4.78, 5) is 11.2. The van der Waals surface area contributed by atoms with Crippen LogP contribution in [-0.4, -0.2) is 35.7 Å². The number of hydrogen-bond donors (Lipinski definition) is 3. The zero-order valence-electron chi connectivity index (χ0n) is 8.85. The predicted octanol–water partition coefficient (Wildman–Crippen LogP) is -0.128. The highest BCUT2D eigenvalue weighted by atomic mass is 16.3. The maximum atomic E-state index is 11.2. The summed E-state index contributed by atoms with van der Waals surface area (Å²) in [5.41, 5.74) is -0.395. The molecule has 78 valence electrons. The van der Waals surface area contributed by atoms with Gasteiger partial charge < -0.3 is 15.7 Å². The van der Waals surface area contributed by atoms with E-state index >= 15 is 0 Å². The molecule has 3 N–H and O–H groups in total. The van der Waals surface area contributed by atoms with Gasteiger partial charge in [-0.05, 0) is 27.7 Å². The molecule has 0 aliphatic rings. The van der Waals surface area contributed by atoms with Gasteiger partial charge in [-0.2, -0.15) is 0 Å². The molecule has 0 rings (SSSR count). The van der Waals surface area contributed by atoms with Crippen LogP contribution in [0.15, 0.2) is 0 Å². The number of aliphatic hydroxyl groups excluding tert-OH is 1. The van der Waals surface area contributed by atoms with Crippen LogP contribution in [0.5, 0.6) is 0 Å². The van der Waals surface area contributed by atoms with Crippen molar-refractivity contribution in [1.82, 2.24) is 10.6 Å². The molecular formula is C9H20N2O2. The van der Waals surface area contributed by atoms with E-state index in [9.17, 15) is 4.79 Å². The van der Waals surface area contributed by atoms with Crippen LogP contribution in [0.3, 0.4) is 0 Å². The van der Waals surface area contributed by atoms with E-state index in [1.54, 1.807) is 0 Å². The van der Waals surface area contributed by atoms with Gasteiger partial charge in [0.2, 0.25) is 5.91 Å². The minimum absolute atomic E-state index is 0.0158. The fraction of sp³-hybridized carbons (Fsp3) is 0.889. The summed E-state index contributed by atoms with van der Waals surface area (Å²) in [6, 6.07) is 0.159. The Morgan fingerprint density at radius 3 is 2.38 bits per heavy atom. The molecule has 0 aliphatic carbocycles. The minimum Gasteiger partial charge on any atom is -0.394 e. The molecule has 0 saturated carbocycles. The smallest absolute Gasteiger partial charge is 0.234 e. The number of rotatable bonds is 5. The van der Waals surface area contributed by atoms with Gasteiger partial charge in [0.15, 0.2) is 0 Å². The number of aliphatic hydroxyl groups is 1. The first kappa shape index (κ1) is 12.4. The predicted molar refractivity (Wildman–Crippen MR) is 52.4 cm³/mol. The Morgan fingerprint density at radius 2 is 2.00 bits per heavy atom. The van der Waals surface area contributed by atoms with Gasteiger partial charge in [-0.25, -0.2) is 0 Å².